The van der Waals surface area contributed by atoms with Crippen LogP contribution in [0.1, 0.15) is 6.42 Å². The van der Waals surface area contributed by atoms with Gasteiger partial charge in [-0.2, -0.15) is 0 Å². The van der Waals surface area contributed by atoms with Crippen LogP contribution in [0.15, 0.2) is 23.4 Å². The van der Waals surface area contributed by atoms with Crippen LogP contribution in [0, 0.1) is 11.7 Å². The Bertz CT molecular complexity index is 521. The third kappa shape index (κ3) is 2.24. The third-order valence-electron chi connectivity index (χ3n) is 2.87. The van der Waals surface area contributed by atoms with Crippen molar-refractivity contribution in [3.8, 4) is 0 Å². The average molecular weight is 272 g/mol. The Labute approximate surface area is 108 Å². The number of nitrogens with zero attached hydrogens (tertiary/aromatic N) is 2. The summed E-state index contributed by atoms with van der Waals surface area (Å²) in [6.45, 7) is 0.288. The first kappa shape index (κ1) is 12.6. The number of hydrogen-bond acceptors (Lipinski definition) is 3. The second-order valence-electron chi connectivity index (χ2n) is 4.03. The predicted molar refractivity (Wildman–Crippen MR) is 65.3 cm³/mol. The number of hydrogen-bond donors (Lipinski definition) is 2. The molecule has 0 radical (unpaired) electrons. The van der Waals surface area contributed by atoms with Crippen LogP contribution in [0.4, 0.5) is 10.1 Å². The molecule has 0 spiro atoms. The van der Waals surface area contributed by atoms with E-state index >= 15 is 0 Å². The molecule has 1 fully saturated rings. The van der Waals surface area contributed by atoms with Gasteiger partial charge in [0.1, 0.15) is 11.7 Å². The zero-order chi connectivity index (χ0) is 13.3. The van der Waals surface area contributed by atoms with Crippen molar-refractivity contribution in [2.24, 2.45) is 16.8 Å². The minimum Gasteiger partial charge on any atom is -0.409 e. The average Bonchev–Trinajstić information content (AvgIpc) is 2.74. The maximum atomic E-state index is 13.0. The Kier molecular flexibility index (Phi) is 3.38. The summed E-state index contributed by atoms with van der Waals surface area (Å²) in [6, 6.07) is 4.04. The van der Waals surface area contributed by atoms with Crippen molar-refractivity contribution in [2.45, 2.75) is 6.42 Å². The number of carbonyl (C=O) groups is 1. The number of benzene rings is 1. The molecule has 0 aliphatic carbocycles. The molecule has 0 bridgehead atoms. The Hall–Kier alpha value is -1.82. The van der Waals surface area contributed by atoms with Crippen LogP contribution in [0.25, 0.3) is 0 Å². The molecule has 18 heavy (non-hydrogen) atoms. The molecular formula is C11H11ClFN3O2. The fourth-order valence-electron chi connectivity index (χ4n) is 1.89. The molecule has 1 saturated heterocycles. The molecule has 2 rings (SSSR count). The fourth-order valence-corrected chi connectivity index (χ4v) is 2.06. The topological polar surface area (TPSA) is 78.9 Å². The zero-order valence-electron chi connectivity index (χ0n) is 9.31. The first-order valence-corrected chi connectivity index (χ1v) is 5.63. The summed E-state index contributed by atoms with van der Waals surface area (Å²) < 4.78 is 13.0. The van der Waals surface area contributed by atoms with Crippen molar-refractivity contribution in [2.75, 3.05) is 11.4 Å². The van der Waals surface area contributed by atoms with Gasteiger partial charge in [-0.15, -0.1) is 0 Å². The molecule has 1 aromatic carbocycles. The number of carbonyl (C=O) groups excluding carboxylic acids is 1. The molecule has 0 aromatic heterocycles. The van der Waals surface area contributed by atoms with Crippen molar-refractivity contribution in [1.29, 1.82) is 0 Å². The minimum absolute atomic E-state index is 0.0130. The molecule has 5 nitrogen and oxygen atoms in total. The lowest BCUT2D eigenvalue weighted by atomic mass is 10.1. The van der Waals surface area contributed by atoms with E-state index in [1.807, 2.05) is 0 Å². The van der Waals surface area contributed by atoms with Gasteiger partial charge < -0.3 is 15.8 Å². The number of oxime groups is 1. The molecule has 1 heterocycles. The summed E-state index contributed by atoms with van der Waals surface area (Å²) in [5, 5.41) is 11.4. The summed E-state index contributed by atoms with van der Waals surface area (Å²) in [5.74, 6) is -1.04. The highest BCUT2D eigenvalue weighted by molar-refractivity contribution is 6.31. The molecule has 1 amide bonds. The molecule has 1 aliphatic heterocycles. The maximum Gasteiger partial charge on any atom is 0.227 e. The van der Waals surface area contributed by atoms with Crippen LogP contribution in [0.5, 0.6) is 0 Å². The van der Waals surface area contributed by atoms with Crippen LogP contribution in [0.2, 0.25) is 5.02 Å². The van der Waals surface area contributed by atoms with Gasteiger partial charge >= 0.3 is 0 Å². The largest absolute Gasteiger partial charge is 0.409 e. The first-order valence-electron chi connectivity index (χ1n) is 5.25. The van der Waals surface area contributed by atoms with Gasteiger partial charge in [0.05, 0.1) is 5.02 Å². The highest BCUT2D eigenvalue weighted by Gasteiger charge is 2.33. The second-order valence-corrected chi connectivity index (χ2v) is 4.44. The lowest BCUT2D eigenvalue weighted by molar-refractivity contribution is -0.117. The van der Waals surface area contributed by atoms with E-state index in [1.165, 1.54) is 23.1 Å². The molecule has 1 atom stereocenters. The zero-order valence-corrected chi connectivity index (χ0v) is 10.1. The van der Waals surface area contributed by atoms with Gasteiger partial charge in [0.25, 0.3) is 0 Å². The second kappa shape index (κ2) is 4.81. The molecule has 1 unspecified atom stereocenters. The number of anilines is 1. The predicted octanol–water partition coefficient (Wildman–Crippen LogP) is 1.58. The first-order chi connectivity index (χ1) is 8.52. The van der Waals surface area contributed by atoms with Gasteiger partial charge in [-0.25, -0.2) is 4.39 Å². The summed E-state index contributed by atoms with van der Waals surface area (Å²) in [7, 11) is 0. The smallest absolute Gasteiger partial charge is 0.227 e. The van der Waals surface area contributed by atoms with E-state index in [0.29, 0.717) is 5.69 Å². The van der Waals surface area contributed by atoms with Gasteiger partial charge in [0, 0.05) is 24.6 Å². The quantitative estimate of drug-likeness (QED) is 0.371. The molecule has 7 heteroatoms. The number of amidine groups is 1. The van der Waals surface area contributed by atoms with Crippen molar-refractivity contribution < 1.29 is 14.4 Å². The standard InChI is InChI=1S/C11H11ClFN3O2/c12-8-4-7(1-2-9(8)13)16-5-6(3-10(16)17)11(14)15-18/h1-2,4,6,18H,3,5H2,(H2,14,15). The lowest BCUT2D eigenvalue weighted by Crippen LogP contribution is -2.28. The van der Waals surface area contributed by atoms with Gasteiger partial charge in [-0.1, -0.05) is 16.8 Å². The van der Waals surface area contributed by atoms with E-state index < -0.39 is 5.82 Å². The molecular weight excluding hydrogens is 261 g/mol. The Balaban J connectivity index is 2.24. The van der Waals surface area contributed by atoms with Crippen LogP contribution in [-0.4, -0.2) is 23.5 Å². The summed E-state index contributed by atoms with van der Waals surface area (Å²) in [6.07, 6.45) is 0.158. The van der Waals surface area contributed by atoms with Gasteiger partial charge in [-0.3, -0.25) is 4.79 Å². The van der Waals surface area contributed by atoms with E-state index in [2.05, 4.69) is 5.16 Å². The van der Waals surface area contributed by atoms with Crippen molar-refractivity contribution >= 4 is 29.0 Å². The molecule has 3 N–H and O–H groups in total. The van der Waals surface area contributed by atoms with E-state index in [1.54, 1.807) is 0 Å². The number of amides is 1. The van der Waals surface area contributed by atoms with Crippen LogP contribution in [-0.2, 0) is 4.79 Å². The van der Waals surface area contributed by atoms with Gasteiger partial charge in [0.2, 0.25) is 5.91 Å². The van der Waals surface area contributed by atoms with Crippen molar-refractivity contribution in [3.63, 3.8) is 0 Å². The summed E-state index contributed by atoms with van der Waals surface area (Å²) >= 11 is 5.66. The fraction of sp³-hybridized carbons (Fsp3) is 0.273. The van der Waals surface area contributed by atoms with Gasteiger partial charge in [0.15, 0.2) is 0 Å². The van der Waals surface area contributed by atoms with Crippen molar-refractivity contribution in [1.82, 2.24) is 0 Å². The van der Waals surface area contributed by atoms with Crippen LogP contribution in [0.3, 0.4) is 0 Å². The Morgan fingerprint density at radius 3 is 2.94 bits per heavy atom. The molecule has 1 aromatic rings. The SMILES string of the molecule is N/C(=N\O)C1CC(=O)N(c2ccc(F)c(Cl)c2)C1. The number of halogens is 2. The van der Waals surface area contributed by atoms with Crippen LogP contribution >= 0.6 is 11.6 Å². The van der Waals surface area contributed by atoms with Crippen LogP contribution < -0.4 is 10.6 Å². The lowest BCUT2D eigenvalue weighted by Gasteiger charge is -2.16. The number of rotatable bonds is 2. The normalized spacial score (nSPS) is 20.6. The van der Waals surface area contributed by atoms with E-state index in [4.69, 9.17) is 22.5 Å². The maximum absolute atomic E-state index is 13.0. The molecule has 0 saturated carbocycles. The van der Waals surface area contributed by atoms with Crippen molar-refractivity contribution in [3.05, 3.63) is 29.0 Å². The minimum atomic E-state index is -0.542. The van der Waals surface area contributed by atoms with E-state index in [0.717, 1.165) is 0 Å². The highest BCUT2D eigenvalue weighted by Crippen LogP contribution is 2.28. The van der Waals surface area contributed by atoms with Gasteiger partial charge in [-0.05, 0) is 18.2 Å². The molecule has 1 aliphatic rings. The Morgan fingerprint density at radius 2 is 2.33 bits per heavy atom. The van der Waals surface area contributed by atoms with E-state index in [9.17, 15) is 9.18 Å². The summed E-state index contributed by atoms with van der Waals surface area (Å²) in [4.78, 5) is 13.2. The monoisotopic (exact) mass is 271 g/mol. The Morgan fingerprint density at radius 1 is 1.61 bits per heavy atom. The van der Waals surface area contributed by atoms with E-state index in [-0.39, 0.29) is 35.6 Å². The number of nitrogens with two attached hydrogens (primary N) is 1. The summed E-state index contributed by atoms with van der Waals surface area (Å²) in [5.41, 5.74) is 5.97. The molecule has 96 valence electrons. The highest BCUT2D eigenvalue weighted by atomic mass is 35.5. The third-order valence-corrected chi connectivity index (χ3v) is 3.16.